The van der Waals surface area contributed by atoms with Gasteiger partial charge in [0.2, 0.25) is 0 Å². The fourth-order valence-corrected chi connectivity index (χ4v) is 11.5. The van der Waals surface area contributed by atoms with Crippen LogP contribution < -0.4 is 179 Å². The Balaban J connectivity index is 0.00000384. The number of aliphatic hydroxyl groups excluding tert-OH is 4. The molecule has 0 saturated carbocycles. The molecule has 62 heavy (non-hydrogen) atoms. The van der Waals surface area contributed by atoms with Crippen molar-refractivity contribution < 1.29 is 246 Å². The van der Waals surface area contributed by atoms with Crippen LogP contribution in [-0.4, -0.2) is 117 Å². The normalized spacial score (nSPS) is 28.3. The second kappa shape index (κ2) is 24.4. The molecule has 6 heterocycles. The van der Waals surface area contributed by atoms with Gasteiger partial charge in [-0.15, -0.1) is 0 Å². The number of imidazole rings is 2. The van der Waals surface area contributed by atoms with Crippen LogP contribution in [-0.2, 0) is 58.6 Å². The standard InChI is InChI=1S/C20H28BN10O21P5.5Na/c21-53(36,45-1-7-11(32)13(34)19(47-7)30-5-28-9-15(22)24-3-26-17(9)30)49-55(39,40)51-57(43,44)52-56(41,42)50-54(37,38)46-2-8-12(33)14(35)20(48-8)31-6-29-10-16(23)25-4-27-18(10)31;;;;;/h3-8,11-14,19-20,32-35H,1-2H2,(H,37,38)(H,39,40)(H,41,42)(H,43,44)(H2,22,24,26)(H2,23,25,27);;;;;/q-1;5*+1/p-4/t7-,8+,11-,12+,13-,14+,19-,20+,53-;;;;;/m0...../s1. The van der Waals surface area contributed by atoms with Gasteiger partial charge in [0.1, 0.15) is 60.3 Å². The molecule has 2 fully saturated rings. The summed E-state index contributed by atoms with van der Waals surface area (Å²) in [5.41, 5.74) is 11.7. The van der Waals surface area contributed by atoms with E-state index in [2.05, 4.69) is 56.2 Å². The number of rotatable bonds is 16. The first kappa shape index (κ1) is 62.3. The number of hydrogen-bond donors (Lipinski definition) is 6. The smallest absolute Gasteiger partial charge is 0.756 e. The van der Waals surface area contributed by atoms with Crippen LogP contribution in [0.25, 0.3) is 22.3 Å². The molecule has 4 aromatic heterocycles. The molecule has 4 aromatic rings. The van der Waals surface area contributed by atoms with E-state index >= 15 is 0 Å². The number of hydrogen-bond acceptors (Lipinski definition) is 29. The van der Waals surface area contributed by atoms with Crippen LogP contribution in [0.15, 0.2) is 25.3 Å². The number of aliphatic hydroxyl groups is 4. The van der Waals surface area contributed by atoms with Gasteiger partial charge < -0.3 is 82.1 Å². The van der Waals surface area contributed by atoms with Crippen LogP contribution in [0.3, 0.4) is 0 Å². The number of aromatic nitrogens is 8. The zero-order chi connectivity index (χ0) is 41.9. The van der Waals surface area contributed by atoms with E-state index in [0.717, 1.165) is 34.4 Å². The Morgan fingerprint density at radius 1 is 0.581 bits per heavy atom. The van der Waals surface area contributed by atoms with Gasteiger partial charge in [-0.3, -0.25) is 31.7 Å². The number of ether oxygens (including phenoxy) is 2. The summed E-state index contributed by atoms with van der Waals surface area (Å²) in [6.45, 7) is -2.37. The van der Waals surface area contributed by atoms with E-state index < -0.39 is 101 Å². The number of nitrogen functional groups attached to an aromatic ring is 2. The van der Waals surface area contributed by atoms with E-state index in [1.165, 1.54) is 0 Å². The van der Waals surface area contributed by atoms with Crippen molar-refractivity contribution in [2.75, 3.05) is 24.7 Å². The fraction of sp³-hybridized carbons (Fsp3) is 0.500. The number of phosphoric acid groups is 4. The third-order valence-electron chi connectivity index (χ3n) is 7.63. The quantitative estimate of drug-likeness (QED) is 0.0448. The van der Waals surface area contributed by atoms with Crippen LogP contribution in [0.4, 0.5) is 11.6 Å². The van der Waals surface area contributed by atoms with Gasteiger partial charge in [0, 0.05) is 0 Å². The van der Waals surface area contributed by atoms with Gasteiger partial charge in [0.25, 0.3) is 31.3 Å². The minimum absolute atomic E-state index is 0. The number of anilines is 2. The van der Waals surface area contributed by atoms with Gasteiger partial charge in [-0.1, -0.05) is 0 Å². The van der Waals surface area contributed by atoms with Crippen molar-refractivity contribution in [3.05, 3.63) is 25.3 Å². The number of fused-ring (bicyclic) bond motifs is 2. The average molecular weight is 1020 g/mol. The van der Waals surface area contributed by atoms with Crippen LogP contribution >= 0.6 is 38.8 Å². The molecule has 13 atom stereocenters. The fourth-order valence-electron chi connectivity index (χ4n) is 5.25. The summed E-state index contributed by atoms with van der Waals surface area (Å²) in [6.07, 6.45) is -9.20. The maximum absolute atomic E-state index is 12.5. The Hall–Kier alpha value is 2.27. The SMILES string of the molecule is [B-][P@](=O)(OC[C@@H]1O[C@H](n2cnc3c(N)ncnc32)[C@@H](O)[C@H]1O)OP(=O)([O-])OP(=O)([O-])OP(=O)([O-])OP(=O)([O-])OC[C@H]1O[C@@H](n2cnc3c(N)ncnc32)[C@H](O)[C@@H]1O.[Na+].[Na+].[Na+].[Na+].[Na+]. The van der Waals surface area contributed by atoms with Crippen molar-refractivity contribution in [1.82, 2.24) is 39.0 Å². The molecular weight excluding hydrogens is 997 g/mol. The molecule has 42 heteroatoms. The third kappa shape index (κ3) is 15.1. The second-order valence-corrected chi connectivity index (χ2v) is 19.3. The van der Waals surface area contributed by atoms with E-state index in [9.17, 15) is 62.8 Å². The second-order valence-electron chi connectivity index (χ2n) is 11.5. The van der Waals surface area contributed by atoms with Crippen LogP contribution in [0.1, 0.15) is 12.5 Å². The average Bonchev–Trinajstić information content (AvgIpc) is 3.83. The maximum atomic E-state index is 12.5. The molecule has 3 radical (unpaired) electrons. The number of nitrogens with zero attached hydrogens (tertiary/aromatic N) is 8. The Morgan fingerprint density at radius 3 is 1.34 bits per heavy atom. The minimum Gasteiger partial charge on any atom is -0.756 e. The molecule has 31 nitrogen and oxygen atoms in total. The molecule has 0 bridgehead atoms. The first-order chi connectivity index (χ1) is 26.4. The summed E-state index contributed by atoms with van der Waals surface area (Å²) in [6, 6.07) is 0. The zero-order valence-corrected chi connectivity index (χ0v) is 47.1. The van der Waals surface area contributed by atoms with E-state index in [0.29, 0.717) is 0 Å². The number of phosphoric ester groups is 1. The van der Waals surface area contributed by atoms with Gasteiger partial charge in [0.15, 0.2) is 35.4 Å². The molecule has 0 aromatic carbocycles. The van der Waals surface area contributed by atoms with Gasteiger partial charge in [-0.2, -0.15) is 0 Å². The predicted molar refractivity (Wildman–Crippen MR) is 171 cm³/mol. The largest absolute Gasteiger partial charge is 1.00 e. The summed E-state index contributed by atoms with van der Waals surface area (Å²) in [5.74, 6) is -0.0936. The molecule has 2 aliphatic heterocycles. The summed E-state index contributed by atoms with van der Waals surface area (Å²) < 4.78 is 97.6. The van der Waals surface area contributed by atoms with Crippen LogP contribution in [0, 0.1) is 0 Å². The summed E-state index contributed by atoms with van der Waals surface area (Å²) >= 11 is 0. The Morgan fingerprint density at radius 2 is 0.935 bits per heavy atom. The van der Waals surface area contributed by atoms with Crippen molar-refractivity contribution in [3.63, 3.8) is 0 Å². The first-order valence-electron chi connectivity index (χ1n) is 15.0. The molecule has 6 rings (SSSR count). The monoisotopic (exact) mass is 1020 g/mol. The Bertz CT molecular complexity index is 2260. The van der Waals surface area contributed by atoms with Gasteiger partial charge in [-0.25, -0.2) is 42.8 Å². The van der Waals surface area contributed by atoms with Gasteiger partial charge in [0.05, 0.1) is 33.3 Å². The van der Waals surface area contributed by atoms with E-state index in [-0.39, 0.29) is 182 Å². The Kier molecular flexibility index (Phi) is 24.5. The predicted octanol–water partition coefficient (Wildman–Crippen LogP) is -19.7. The molecule has 2 saturated heterocycles. The molecule has 0 aliphatic carbocycles. The van der Waals surface area contributed by atoms with Gasteiger partial charge >= 0.3 is 148 Å². The van der Waals surface area contributed by atoms with Crippen molar-refractivity contribution in [2.45, 2.75) is 49.1 Å². The van der Waals surface area contributed by atoms with Crippen LogP contribution in [0.5, 0.6) is 0 Å². The van der Waals surface area contributed by atoms with Crippen LogP contribution in [0.2, 0.25) is 0 Å². The molecule has 0 amide bonds. The molecule has 4 unspecified atom stereocenters. The summed E-state index contributed by atoms with van der Waals surface area (Å²) in [5, 5.41) is 41.7. The minimum atomic E-state index is -6.79. The molecule has 8 N–H and O–H groups in total. The van der Waals surface area contributed by atoms with Crippen molar-refractivity contribution in [2.24, 2.45) is 0 Å². The van der Waals surface area contributed by atoms with Gasteiger partial charge in [-0.05, 0) is 0 Å². The molecule has 313 valence electrons. The third-order valence-corrected chi connectivity index (χ3v) is 15.1. The van der Waals surface area contributed by atoms with Crippen molar-refractivity contribution >= 4 is 80.3 Å². The zero-order valence-electron chi connectivity index (χ0n) is 32.6. The number of nitrogens with two attached hydrogens (primary N) is 2. The van der Waals surface area contributed by atoms with E-state index in [4.69, 9.17) is 28.5 Å². The first-order valence-corrected chi connectivity index (χ1v) is 22.5. The Labute approximate surface area is 458 Å². The summed E-state index contributed by atoms with van der Waals surface area (Å²) in [7, 11) is -26.6. The van der Waals surface area contributed by atoms with E-state index in [1.807, 2.05) is 0 Å². The van der Waals surface area contributed by atoms with Crippen molar-refractivity contribution in [1.29, 1.82) is 0 Å². The van der Waals surface area contributed by atoms with E-state index in [1.54, 1.807) is 0 Å². The maximum Gasteiger partial charge on any atom is 1.00 e. The molecular formula is C20H24BN10Na5O21P5. The molecule has 2 aliphatic rings. The molecule has 0 spiro atoms. The summed E-state index contributed by atoms with van der Waals surface area (Å²) in [4.78, 5) is 71.9. The van der Waals surface area contributed by atoms with Crippen molar-refractivity contribution in [3.8, 4) is 0 Å². The topological polar surface area (TPSA) is 472 Å².